The molecule has 4 heteroatoms. The fraction of sp³-hybridized carbons (Fsp3) is 0.0476. The number of aromatic hydroxyl groups is 4. The van der Waals surface area contributed by atoms with Gasteiger partial charge in [-0.15, -0.1) is 0 Å². The summed E-state index contributed by atoms with van der Waals surface area (Å²) in [5.41, 5.74) is 1.35. The zero-order valence-corrected chi connectivity index (χ0v) is 13.3. The van der Waals surface area contributed by atoms with Crippen LogP contribution in [0.3, 0.4) is 0 Å². The number of benzene rings is 4. The van der Waals surface area contributed by atoms with Gasteiger partial charge in [0, 0.05) is 17.5 Å². The normalized spacial score (nSPS) is 11.2. The molecule has 0 atom stereocenters. The average molecular weight is 332 g/mol. The van der Waals surface area contributed by atoms with Gasteiger partial charge in [0.2, 0.25) is 0 Å². The lowest BCUT2D eigenvalue weighted by atomic mass is 9.93. The molecule has 4 aromatic carbocycles. The van der Waals surface area contributed by atoms with Gasteiger partial charge in [-0.25, -0.2) is 0 Å². The molecule has 0 saturated heterocycles. The smallest absolute Gasteiger partial charge is 0.119 e. The van der Waals surface area contributed by atoms with Crippen molar-refractivity contribution >= 4 is 21.5 Å². The minimum Gasteiger partial charge on any atom is -0.508 e. The van der Waals surface area contributed by atoms with Crippen LogP contribution in [0.25, 0.3) is 21.5 Å². The second-order valence-corrected chi connectivity index (χ2v) is 6.11. The summed E-state index contributed by atoms with van der Waals surface area (Å²) in [6.45, 7) is 0. The van der Waals surface area contributed by atoms with Crippen LogP contribution in [0.5, 0.6) is 23.0 Å². The Hall–Kier alpha value is -3.40. The van der Waals surface area contributed by atoms with E-state index in [0.717, 1.165) is 21.5 Å². The summed E-state index contributed by atoms with van der Waals surface area (Å²) in [5.74, 6) is 0.585. The molecule has 0 aliphatic carbocycles. The van der Waals surface area contributed by atoms with Crippen molar-refractivity contribution in [3.05, 3.63) is 71.8 Å². The van der Waals surface area contributed by atoms with Crippen molar-refractivity contribution in [2.75, 3.05) is 0 Å². The highest BCUT2D eigenvalue weighted by Gasteiger charge is 2.14. The predicted octanol–water partition coefficient (Wildman–Crippen LogP) is 4.41. The van der Waals surface area contributed by atoms with Gasteiger partial charge in [0.05, 0.1) is 0 Å². The van der Waals surface area contributed by atoms with Crippen LogP contribution in [0, 0.1) is 0 Å². The quantitative estimate of drug-likeness (QED) is 0.438. The van der Waals surface area contributed by atoms with Crippen molar-refractivity contribution in [1.29, 1.82) is 0 Å². The Morgan fingerprint density at radius 1 is 0.520 bits per heavy atom. The van der Waals surface area contributed by atoms with Crippen LogP contribution in [-0.4, -0.2) is 20.4 Å². The van der Waals surface area contributed by atoms with Crippen LogP contribution in [0.2, 0.25) is 0 Å². The Morgan fingerprint density at radius 2 is 0.960 bits per heavy atom. The van der Waals surface area contributed by atoms with E-state index in [1.54, 1.807) is 60.7 Å². The van der Waals surface area contributed by atoms with Crippen LogP contribution < -0.4 is 0 Å². The van der Waals surface area contributed by atoms with E-state index in [0.29, 0.717) is 17.5 Å². The average Bonchev–Trinajstić information content (AvgIpc) is 2.59. The van der Waals surface area contributed by atoms with Gasteiger partial charge in [0.25, 0.3) is 0 Å². The highest BCUT2D eigenvalue weighted by atomic mass is 16.3. The first-order valence-electron chi connectivity index (χ1n) is 7.90. The van der Waals surface area contributed by atoms with Crippen LogP contribution in [0.1, 0.15) is 11.1 Å². The summed E-state index contributed by atoms with van der Waals surface area (Å²) in [6, 6.07) is 16.6. The summed E-state index contributed by atoms with van der Waals surface area (Å²) in [7, 11) is 0. The molecule has 0 fully saturated rings. The maximum absolute atomic E-state index is 10.4. The van der Waals surface area contributed by atoms with E-state index >= 15 is 0 Å². The Morgan fingerprint density at radius 3 is 1.40 bits per heavy atom. The van der Waals surface area contributed by atoms with Crippen molar-refractivity contribution in [1.82, 2.24) is 0 Å². The lowest BCUT2D eigenvalue weighted by molar-refractivity contribution is 0.464. The van der Waals surface area contributed by atoms with Gasteiger partial charge in [-0.1, -0.05) is 24.3 Å². The molecule has 25 heavy (non-hydrogen) atoms. The lowest BCUT2D eigenvalue weighted by Crippen LogP contribution is -1.94. The maximum atomic E-state index is 10.4. The Kier molecular flexibility index (Phi) is 3.39. The minimum absolute atomic E-state index is 0.133. The van der Waals surface area contributed by atoms with E-state index in [2.05, 4.69) is 0 Å². The second kappa shape index (κ2) is 5.60. The monoisotopic (exact) mass is 332 g/mol. The first kappa shape index (κ1) is 15.1. The second-order valence-electron chi connectivity index (χ2n) is 6.11. The standard InChI is InChI=1S/C21H16O4/c22-14-3-5-16-12(9-14)1-7-20(24)18(16)11-19-17-6-4-15(23)10-13(17)2-8-21(19)25/h1-10,22-25H,11H2. The Balaban J connectivity index is 1.94. The zero-order valence-electron chi connectivity index (χ0n) is 13.3. The van der Waals surface area contributed by atoms with Crippen molar-refractivity contribution in [3.8, 4) is 23.0 Å². The molecule has 4 aromatic rings. The Bertz CT molecular complexity index is 1030. The third kappa shape index (κ3) is 2.58. The molecule has 0 radical (unpaired) electrons. The SMILES string of the molecule is Oc1ccc2c(Cc3c(O)ccc4cc(O)ccc34)c(O)ccc2c1. The Labute approximate surface area is 143 Å². The van der Waals surface area contributed by atoms with Gasteiger partial charge in [-0.3, -0.25) is 0 Å². The van der Waals surface area contributed by atoms with Gasteiger partial charge in [-0.2, -0.15) is 0 Å². The molecule has 0 aromatic heterocycles. The molecule has 0 aliphatic rings. The first-order valence-corrected chi connectivity index (χ1v) is 7.90. The molecule has 0 saturated carbocycles. The molecule has 0 aliphatic heterocycles. The molecule has 4 nitrogen and oxygen atoms in total. The minimum atomic E-state index is 0.133. The van der Waals surface area contributed by atoms with Crippen LogP contribution >= 0.6 is 0 Å². The molecular weight excluding hydrogens is 316 g/mol. The topological polar surface area (TPSA) is 80.9 Å². The molecule has 4 rings (SSSR count). The first-order chi connectivity index (χ1) is 12.0. The van der Waals surface area contributed by atoms with Gasteiger partial charge in [-0.05, 0) is 57.9 Å². The molecule has 0 heterocycles. The number of phenols is 4. The zero-order chi connectivity index (χ0) is 17.6. The summed E-state index contributed by atoms with van der Waals surface area (Å²) in [4.78, 5) is 0. The number of fused-ring (bicyclic) bond motifs is 2. The third-order valence-electron chi connectivity index (χ3n) is 4.53. The van der Waals surface area contributed by atoms with Crippen LogP contribution in [-0.2, 0) is 6.42 Å². The number of phenolic OH excluding ortho intramolecular Hbond substituents is 4. The van der Waals surface area contributed by atoms with Gasteiger partial charge in [0.1, 0.15) is 23.0 Å². The van der Waals surface area contributed by atoms with Crippen molar-refractivity contribution in [2.45, 2.75) is 6.42 Å². The highest BCUT2D eigenvalue weighted by Crippen LogP contribution is 2.36. The fourth-order valence-corrected chi connectivity index (χ4v) is 3.29. The molecule has 0 amide bonds. The number of hydrogen-bond acceptors (Lipinski definition) is 4. The number of hydrogen-bond donors (Lipinski definition) is 4. The highest BCUT2D eigenvalue weighted by molar-refractivity contribution is 5.92. The van der Waals surface area contributed by atoms with Gasteiger partial charge in [0.15, 0.2) is 0 Å². The summed E-state index contributed by atoms with van der Waals surface area (Å²) in [5, 5.41) is 43.3. The molecule has 4 N–H and O–H groups in total. The number of rotatable bonds is 2. The molecule has 124 valence electrons. The van der Waals surface area contributed by atoms with E-state index in [9.17, 15) is 20.4 Å². The van der Waals surface area contributed by atoms with Gasteiger partial charge < -0.3 is 20.4 Å². The van der Waals surface area contributed by atoms with E-state index < -0.39 is 0 Å². The van der Waals surface area contributed by atoms with E-state index in [4.69, 9.17) is 0 Å². The molecule has 0 spiro atoms. The van der Waals surface area contributed by atoms with Crippen molar-refractivity contribution in [2.24, 2.45) is 0 Å². The third-order valence-corrected chi connectivity index (χ3v) is 4.53. The summed E-state index contributed by atoms with van der Waals surface area (Å²) >= 11 is 0. The summed E-state index contributed by atoms with van der Waals surface area (Å²) in [6.07, 6.45) is 0.321. The van der Waals surface area contributed by atoms with E-state index in [-0.39, 0.29) is 23.0 Å². The molecular formula is C21H16O4. The fourth-order valence-electron chi connectivity index (χ4n) is 3.29. The predicted molar refractivity (Wildman–Crippen MR) is 97.4 cm³/mol. The van der Waals surface area contributed by atoms with Gasteiger partial charge >= 0.3 is 0 Å². The summed E-state index contributed by atoms with van der Waals surface area (Å²) < 4.78 is 0. The van der Waals surface area contributed by atoms with E-state index in [1.165, 1.54) is 0 Å². The van der Waals surface area contributed by atoms with Crippen LogP contribution in [0.15, 0.2) is 60.7 Å². The largest absolute Gasteiger partial charge is 0.508 e. The maximum Gasteiger partial charge on any atom is 0.119 e. The van der Waals surface area contributed by atoms with Crippen LogP contribution in [0.4, 0.5) is 0 Å². The van der Waals surface area contributed by atoms with Crippen molar-refractivity contribution < 1.29 is 20.4 Å². The van der Waals surface area contributed by atoms with Crippen molar-refractivity contribution in [3.63, 3.8) is 0 Å². The molecule has 0 bridgehead atoms. The van der Waals surface area contributed by atoms with E-state index in [1.807, 2.05) is 0 Å². The molecule has 0 unspecified atom stereocenters. The lowest BCUT2D eigenvalue weighted by Gasteiger charge is -2.13.